The van der Waals surface area contributed by atoms with Gasteiger partial charge in [0.25, 0.3) is 0 Å². The maximum Gasteiger partial charge on any atom is 0.0954 e. The van der Waals surface area contributed by atoms with Crippen LogP contribution in [-0.4, -0.2) is 5.11 Å². The smallest absolute Gasteiger partial charge is 0.0954 e. The topological polar surface area (TPSA) is 20.2 Å². The molecule has 1 aliphatic rings. The van der Waals surface area contributed by atoms with E-state index in [2.05, 4.69) is 26.0 Å². The summed E-state index contributed by atoms with van der Waals surface area (Å²) in [5.41, 5.74) is 3.56. The van der Waals surface area contributed by atoms with Gasteiger partial charge in [-0.3, -0.25) is 0 Å². The molecule has 0 amide bonds. The zero-order chi connectivity index (χ0) is 13.4. The summed E-state index contributed by atoms with van der Waals surface area (Å²) in [5.74, 6) is 0.581. The summed E-state index contributed by atoms with van der Waals surface area (Å²) in [4.78, 5) is 0. The van der Waals surface area contributed by atoms with Gasteiger partial charge in [-0.25, -0.2) is 0 Å². The van der Waals surface area contributed by atoms with Gasteiger partial charge >= 0.3 is 0 Å². The molecule has 0 aliphatic heterocycles. The monoisotopic (exact) mass is 248 g/mol. The van der Waals surface area contributed by atoms with E-state index in [0.717, 1.165) is 18.4 Å². The second kappa shape index (κ2) is 8.18. The van der Waals surface area contributed by atoms with E-state index in [0.29, 0.717) is 5.76 Å². The second-order valence-corrected chi connectivity index (χ2v) is 5.44. The molecule has 0 radical (unpaired) electrons. The van der Waals surface area contributed by atoms with Crippen LogP contribution in [0.25, 0.3) is 0 Å². The van der Waals surface area contributed by atoms with Crippen LogP contribution in [0.1, 0.15) is 72.1 Å². The highest BCUT2D eigenvalue weighted by atomic mass is 16.3. The van der Waals surface area contributed by atoms with Crippen molar-refractivity contribution in [1.82, 2.24) is 0 Å². The molecule has 1 nitrogen and oxygen atoms in total. The SMILES string of the molecule is CC1=C(C)C(C)=C(O)CCCCCCCCC=C1. The van der Waals surface area contributed by atoms with Crippen LogP contribution in [0, 0.1) is 0 Å². The minimum Gasteiger partial charge on any atom is -0.512 e. The third kappa shape index (κ3) is 5.12. The summed E-state index contributed by atoms with van der Waals surface area (Å²) in [6.45, 7) is 6.28. The van der Waals surface area contributed by atoms with Crippen LogP contribution in [-0.2, 0) is 0 Å². The van der Waals surface area contributed by atoms with Crippen molar-refractivity contribution in [3.05, 3.63) is 34.6 Å². The second-order valence-electron chi connectivity index (χ2n) is 5.44. The molecule has 18 heavy (non-hydrogen) atoms. The van der Waals surface area contributed by atoms with Crippen LogP contribution < -0.4 is 0 Å². The molecular formula is C17H28O. The summed E-state index contributed by atoms with van der Waals surface area (Å²) >= 11 is 0. The largest absolute Gasteiger partial charge is 0.512 e. The first-order chi connectivity index (χ1) is 8.63. The van der Waals surface area contributed by atoms with Crippen LogP contribution in [0.5, 0.6) is 0 Å². The molecule has 0 spiro atoms. The average molecular weight is 248 g/mol. The van der Waals surface area contributed by atoms with E-state index in [-0.39, 0.29) is 0 Å². The van der Waals surface area contributed by atoms with Gasteiger partial charge in [0, 0.05) is 6.42 Å². The molecular weight excluding hydrogens is 220 g/mol. The zero-order valence-electron chi connectivity index (χ0n) is 12.3. The maximum atomic E-state index is 10.1. The molecule has 102 valence electrons. The van der Waals surface area contributed by atoms with E-state index < -0.39 is 0 Å². The summed E-state index contributed by atoms with van der Waals surface area (Å²) < 4.78 is 0. The molecule has 0 saturated carbocycles. The molecule has 1 aliphatic carbocycles. The Kier molecular flexibility index (Phi) is 6.85. The first-order valence-corrected chi connectivity index (χ1v) is 7.36. The van der Waals surface area contributed by atoms with Crippen LogP contribution in [0.15, 0.2) is 34.6 Å². The lowest BCUT2D eigenvalue weighted by molar-refractivity contribution is 0.374. The van der Waals surface area contributed by atoms with Gasteiger partial charge in [-0.05, 0) is 56.8 Å². The minimum atomic E-state index is 0.581. The van der Waals surface area contributed by atoms with Crippen LogP contribution in [0.3, 0.4) is 0 Å². The lowest BCUT2D eigenvalue weighted by atomic mass is 9.98. The third-order valence-corrected chi connectivity index (χ3v) is 3.99. The number of allylic oxidation sites excluding steroid dienone is 6. The Morgan fingerprint density at radius 3 is 2.17 bits per heavy atom. The Morgan fingerprint density at radius 2 is 1.44 bits per heavy atom. The van der Waals surface area contributed by atoms with Gasteiger partial charge in [-0.15, -0.1) is 0 Å². The lowest BCUT2D eigenvalue weighted by Crippen LogP contribution is -1.93. The van der Waals surface area contributed by atoms with E-state index in [1.807, 2.05) is 6.92 Å². The molecule has 0 aromatic rings. The molecule has 0 atom stereocenters. The Bertz CT molecular complexity index is 345. The number of rotatable bonds is 0. The van der Waals surface area contributed by atoms with Gasteiger partial charge in [0.05, 0.1) is 5.76 Å². The fraction of sp³-hybridized carbons (Fsp3) is 0.647. The summed E-state index contributed by atoms with van der Waals surface area (Å²) in [7, 11) is 0. The normalized spacial score (nSPS) is 21.1. The summed E-state index contributed by atoms with van der Waals surface area (Å²) in [6.07, 6.45) is 14.2. The molecule has 0 aromatic heterocycles. The first-order valence-electron chi connectivity index (χ1n) is 7.36. The van der Waals surface area contributed by atoms with Gasteiger partial charge in [-0.2, -0.15) is 0 Å². The van der Waals surface area contributed by atoms with Crippen LogP contribution in [0.4, 0.5) is 0 Å². The Balaban J connectivity index is 2.83. The number of aliphatic hydroxyl groups is 1. The molecule has 0 aromatic carbocycles. The molecule has 1 rings (SSSR count). The molecule has 0 heterocycles. The quantitative estimate of drug-likeness (QED) is 0.570. The van der Waals surface area contributed by atoms with Crippen molar-refractivity contribution in [2.24, 2.45) is 0 Å². The van der Waals surface area contributed by atoms with E-state index in [1.54, 1.807) is 0 Å². The van der Waals surface area contributed by atoms with Crippen LogP contribution >= 0.6 is 0 Å². The third-order valence-electron chi connectivity index (χ3n) is 3.99. The van der Waals surface area contributed by atoms with Crippen LogP contribution in [0.2, 0.25) is 0 Å². The highest BCUT2D eigenvalue weighted by Crippen LogP contribution is 2.21. The zero-order valence-corrected chi connectivity index (χ0v) is 12.3. The summed E-state index contributed by atoms with van der Waals surface area (Å²) in [6, 6.07) is 0. The van der Waals surface area contributed by atoms with Gasteiger partial charge in [0.15, 0.2) is 0 Å². The predicted octanol–water partition coefficient (Wildman–Crippen LogP) is 5.85. The maximum absolute atomic E-state index is 10.1. The van der Waals surface area contributed by atoms with E-state index in [1.165, 1.54) is 49.7 Å². The van der Waals surface area contributed by atoms with Crippen molar-refractivity contribution >= 4 is 0 Å². The Labute approximate surface area is 112 Å². The number of hydrogen-bond acceptors (Lipinski definition) is 1. The summed E-state index contributed by atoms with van der Waals surface area (Å²) in [5, 5.41) is 10.1. The lowest BCUT2D eigenvalue weighted by Gasteiger charge is -2.10. The van der Waals surface area contributed by atoms with Gasteiger partial charge in [-0.1, -0.05) is 37.8 Å². The van der Waals surface area contributed by atoms with E-state index in [9.17, 15) is 5.11 Å². The molecule has 0 bridgehead atoms. The van der Waals surface area contributed by atoms with E-state index in [4.69, 9.17) is 0 Å². The molecule has 1 N–H and O–H groups in total. The molecule has 0 fully saturated rings. The van der Waals surface area contributed by atoms with Gasteiger partial charge in [0.2, 0.25) is 0 Å². The first kappa shape index (κ1) is 15.1. The number of aliphatic hydroxyl groups excluding tert-OH is 1. The van der Waals surface area contributed by atoms with Crippen molar-refractivity contribution in [2.75, 3.05) is 0 Å². The highest BCUT2D eigenvalue weighted by Gasteiger charge is 2.05. The molecule has 1 heteroatoms. The fourth-order valence-electron chi connectivity index (χ4n) is 2.35. The highest BCUT2D eigenvalue weighted by molar-refractivity contribution is 5.37. The van der Waals surface area contributed by atoms with Crippen molar-refractivity contribution in [3.63, 3.8) is 0 Å². The fourth-order valence-corrected chi connectivity index (χ4v) is 2.35. The van der Waals surface area contributed by atoms with E-state index >= 15 is 0 Å². The van der Waals surface area contributed by atoms with Crippen molar-refractivity contribution < 1.29 is 5.11 Å². The molecule has 0 unspecified atom stereocenters. The Hall–Kier alpha value is -0.980. The Morgan fingerprint density at radius 1 is 0.833 bits per heavy atom. The van der Waals surface area contributed by atoms with Gasteiger partial charge in [0.1, 0.15) is 0 Å². The minimum absolute atomic E-state index is 0.581. The van der Waals surface area contributed by atoms with Crippen molar-refractivity contribution in [3.8, 4) is 0 Å². The van der Waals surface area contributed by atoms with Gasteiger partial charge < -0.3 is 5.11 Å². The standard InChI is InChI=1S/C17H28O/c1-14-12-10-8-6-4-5-7-9-11-13-17(18)16(3)15(14)2/h10,12,18H,4-9,11,13H2,1-3H3. The molecule has 0 saturated heterocycles. The number of hydrogen-bond donors (Lipinski definition) is 1. The predicted molar refractivity (Wildman–Crippen MR) is 79.8 cm³/mol. The van der Waals surface area contributed by atoms with Crippen molar-refractivity contribution in [2.45, 2.75) is 72.1 Å². The average Bonchev–Trinajstić information content (AvgIpc) is 2.37. The van der Waals surface area contributed by atoms with Crippen molar-refractivity contribution in [1.29, 1.82) is 0 Å².